The van der Waals surface area contributed by atoms with E-state index < -0.39 is 38.4 Å². The van der Waals surface area contributed by atoms with Crippen LogP contribution in [0.25, 0.3) is 11.1 Å². The third kappa shape index (κ3) is 9.72. The summed E-state index contributed by atoms with van der Waals surface area (Å²) in [6.45, 7) is 3.63. The van der Waals surface area contributed by atoms with Crippen LogP contribution >= 0.6 is 11.8 Å². The molecule has 1 aliphatic heterocycles. The van der Waals surface area contributed by atoms with Gasteiger partial charge in [-0.25, -0.2) is 17.5 Å². The number of anilines is 2. The van der Waals surface area contributed by atoms with Crippen LogP contribution in [0.3, 0.4) is 0 Å². The fraction of sp³-hybridized carbons (Fsp3) is 0.237. The second-order valence-corrected chi connectivity index (χ2v) is 15.2. The Kier molecular flexibility index (Phi) is 12.4. The van der Waals surface area contributed by atoms with E-state index in [1.807, 2.05) is 37.3 Å². The lowest BCUT2D eigenvalue weighted by molar-refractivity contribution is -0.137. The molecule has 18 heteroatoms. The average molecular weight is 810 g/mol. The van der Waals surface area contributed by atoms with Gasteiger partial charge in [-0.05, 0) is 67.6 Å². The molecule has 2 N–H and O–H groups in total. The Morgan fingerprint density at radius 3 is 2.36 bits per heavy atom. The molecule has 0 atom stereocenters. The number of carbonyl (C=O) groups excluding carboxylic acids is 2. The van der Waals surface area contributed by atoms with Gasteiger partial charge in [-0.3, -0.25) is 14.6 Å². The summed E-state index contributed by atoms with van der Waals surface area (Å²) in [4.78, 5) is 33.7. The van der Waals surface area contributed by atoms with Gasteiger partial charge in [0.15, 0.2) is 11.5 Å². The molecule has 2 aromatic heterocycles. The topological polar surface area (TPSA) is 147 Å². The molecule has 12 nitrogen and oxygen atoms in total. The maximum atomic E-state index is 15.1. The van der Waals surface area contributed by atoms with Crippen molar-refractivity contribution in [3.63, 3.8) is 0 Å². The number of hydrogen-bond donors (Lipinski definition) is 2. The van der Waals surface area contributed by atoms with Gasteiger partial charge in [0.2, 0.25) is 0 Å². The molecule has 3 aromatic carbocycles. The molecule has 292 valence electrons. The summed E-state index contributed by atoms with van der Waals surface area (Å²) in [5.41, 5.74) is -0.932. The van der Waals surface area contributed by atoms with Crippen molar-refractivity contribution in [1.29, 1.82) is 0 Å². The van der Waals surface area contributed by atoms with Crippen molar-refractivity contribution in [3.8, 4) is 16.9 Å². The van der Waals surface area contributed by atoms with Gasteiger partial charge in [-0.15, -0.1) is 22.0 Å². The smallest absolute Gasteiger partial charge is 0.418 e. The lowest BCUT2D eigenvalue weighted by atomic mass is 10.0. The fourth-order valence-electron chi connectivity index (χ4n) is 5.81. The summed E-state index contributed by atoms with van der Waals surface area (Å²) in [7, 11) is -4.74. The number of ether oxygens (including phenoxy) is 1. The molecule has 1 fully saturated rings. The number of rotatable bonds is 13. The van der Waals surface area contributed by atoms with E-state index in [9.17, 15) is 31.2 Å². The number of sulfonamides is 1. The van der Waals surface area contributed by atoms with Crippen LogP contribution in [0.15, 0.2) is 107 Å². The molecule has 0 saturated carbocycles. The molecule has 3 heterocycles. The van der Waals surface area contributed by atoms with E-state index in [1.165, 1.54) is 48.4 Å². The van der Waals surface area contributed by atoms with Crippen LogP contribution in [0, 0.1) is 5.82 Å². The van der Waals surface area contributed by atoms with Crippen LogP contribution in [0.4, 0.5) is 29.1 Å². The van der Waals surface area contributed by atoms with E-state index in [1.54, 1.807) is 26.7 Å². The lowest BCUT2D eigenvalue weighted by Gasteiger charge is -2.35. The molecule has 0 aliphatic carbocycles. The summed E-state index contributed by atoms with van der Waals surface area (Å²) < 4.78 is 90.3. The highest BCUT2D eigenvalue weighted by Gasteiger charge is 2.35. The largest absolute Gasteiger partial charge is 0.492 e. The molecular formula is C38H35F4N7O5S2. The van der Waals surface area contributed by atoms with Crippen molar-refractivity contribution in [2.24, 2.45) is 0 Å². The number of carbonyl (C=O) groups is 2. The Bertz CT molecular complexity index is 2290. The number of thioether (sulfide) groups is 1. The summed E-state index contributed by atoms with van der Waals surface area (Å²) in [6.07, 6.45) is -1.85. The van der Waals surface area contributed by atoms with Crippen LogP contribution in [-0.2, 0) is 16.2 Å². The zero-order valence-corrected chi connectivity index (χ0v) is 31.4. The Balaban J connectivity index is 1.03. The normalized spacial score (nSPS) is 13.3. The van der Waals surface area contributed by atoms with E-state index >= 15 is 4.39 Å². The van der Waals surface area contributed by atoms with Crippen molar-refractivity contribution < 1.29 is 40.3 Å². The predicted octanol–water partition coefficient (Wildman–Crippen LogP) is 6.38. The van der Waals surface area contributed by atoms with Gasteiger partial charge < -0.3 is 19.9 Å². The summed E-state index contributed by atoms with van der Waals surface area (Å²) in [5.74, 6) is -0.838. The standard InChI is InChI=1S/C38H35F4N7O5S2/c1-2-54-27-20-26(23-43-24-27)30-10-8-25(21-32(30)39)37(51)49-17-15-48(16-18-49)35-13-12-34(45-46-35)36(50)47-56(52,53)29-9-11-33(31(22-29)38(40,41)42)44-14-19-55-28-6-4-3-5-7-28/h3-13,20-24,44H,2,14-19H2,1H3,(H,47,50). The monoisotopic (exact) mass is 809 g/mol. The number of hydrogen-bond acceptors (Lipinski definition) is 11. The number of halogens is 4. The molecule has 5 aromatic rings. The van der Waals surface area contributed by atoms with Crippen LogP contribution in [0.5, 0.6) is 5.75 Å². The Labute approximate surface area is 324 Å². The van der Waals surface area contributed by atoms with Crippen LogP contribution < -0.4 is 19.7 Å². The minimum Gasteiger partial charge on any atom is -0.492 e. The van der Waals surface area contributed by atoms with E-state index in [4.69, 9.17) is 4.74 Å². The predicted molar refractivity (Wildman–Crippen MR) is 203 cm³/mol. The quantitative estimate of drug-likeness (QED) is 0.0776. The van der Waals surface area contributed by atoms with Gasteiger partial charge in [-0.1, -0.05) is 24.3 Å². The van der Waals surface area contributed by atoms with Crippen LogP contribution in [0.1, 0.15) is 33.3 Å². The van der Waals surface area contributed by atoms with Crippen LogP contribution in [-0.4, -0.2) is 85.4 Å². The van der Waals surface area contributed by atoms with Gasteiger partial charge in [0.25, 0.3) is 21.8 Å². The molecular weight excluding hydrogens is 775 g/mol. The van der Waals surface area contributed by atoms with E-state index in [0.29, 0.717) is 48.6 Å². The van der Waals surface area contributed by atoms with Crippen LogP contribution in [0.2, 0.25) is 0 Å². The Hall–Kier alpha value is -5.75. The number of nitrogens with one attached hydrogen (secondary N) is 2. The first kappa shape index (κ1) is 39.9. The fourth-order valence-corrected chi connectivity index (χ4v) is 7.59. The lowest BCUT2D eigenvalue weighted by Crippen LogP contribution is -2.49. The first-order chi connectivity index (χ1) is 26.8. The molecule has 0 radical (unpaired) electrons. The first-order valence-corrected chi connectivity index (χ1v) is 19.7. The van der Waals surface area contributed by atoms with Crippen molar-refractivity contribution in [2.75, 3.05) is 55.3 Å². The second-order valence-electron chi connectivity index (χ2n) is 12.3. The second kappa shape index (κ2) is 17.4. The highest BCUT2D eigenvalue weighted by Crippen LogP contribution is 2.36. The van der Waals surface area contributed by atoms with E-state index in [0.717, 1.165) is 17.0 Å². The number of amides is 2. The molecule has 0 bridgehead atoms. The van der Waals surface area contributed by atoms with Gasteiger partial charge in [0, 0.05) is 71.9 Å². The molecule has 6 rings (SSSR count). The van der Waals surface area contributed by atoms with E-state index in [2.05, 4.69) is 20.5 Å². The van der Waals surface area contributed by atoms with Gasteiger partial charge in [0.05, 0.1) is 23.3 Å². The minimum atomic E-state index is -4.89. The van der Waals surface area contributed by atoms with Gasteiger partial charge in [-0.2, -0.15) is 13.2 Å². The third-order valence-electron chi connectivity index (χ3n) is 8.59. The molecule has 0 unspecified atom stereocenters. The number of nitrogens with zero attached hydrogens (tertiary/aromatic N) is 5. The summed E-state index contributed by atoms with van der Waals surface area (Å²) >= 11 is 1.45. The maximum Gasteiger partial charge on any atom is 0.418 e. The Morgan fingerprint density at radius 1 is 0.911 bits per heavy atom. The Morgan fingerprint density at radius 2 is 1.68 bits per heavy atom. The van der Waals surface area contributed by atoms with E-state index in [-0.39, 0.29) is 48.0 Å². The molecule has 0 spiro atoms. The van der Waals surface area contributed by atoms with Crippen molar-refractivity contribution >= 4 is 45.1 Å². The zero-order chi connectivity index (χ0) is 39.9. The highest BCUT2D eigenvalue weighted by atomic mass is 32.2. The summed E-state index contributed by atoms with van der Waals surface area (Å²) in [5, 5.41) is 10.6. The highest BCUT2D eigenvalue weighted by molar-refractivity contribution is 7.99. The van der Waals surface area contributed by atoms with Crippen molar-refractivity contribution in [1.82, 2.24) is 24.8 Å². The SMILES string of the molecule is CCOc1cncc(-c2ccc(C(=O)N3CCN(c4ccc(C(=O)NS(=O)(=O)c5ccc(NCCSc6ccccc6)c(C(F)(F)F)c5)nn4)CC3)cc2F)c1. The number of piperazine rings is 1. The number of alkyl halides is 3. The number of benzene rings is 3. The number of aromatic nitrogens is 3. The molecule has 56 heavy (non-hydrogen) atoms. The van der Waals surface area contributed by atoms with Crippen molar-refractivity contribution in [2.45, 2.75) is 22.9 Å². The summed E-state index contributed by atoms with van der Waals surface area (Å²) in [6, 6.07) is 20.4. The molecule has 1 saturated heterocycles. The molecule has 1 aliphatic rings. The average Bonchev–Trinajstić information content (AvgIpc) is 3.19. The van der Waals surface area contributed by atoms with Gasteiger partial charge in [0.1, 0.15) is 11.6 Å². The van der Waals surface area contributed by atoms with Crippen molar-refractivity contribution in [3.05, 3.63) is 120 Å². The zero-order valence-electron chi connectivity index (χ0n) is 29.8. The van der Waals surface area contributed by atoms with Gasteiger partial charge >= 0.3 is 6.18 Å². The minimum absolute atomic E-state index is 0.175. The molecule has 2 amide bonds. The third-order valence-corrected chi connectivity index (χ3v) is 10.9. The number of pyridine rings is 1. The maximum absolute atomic E-state index is 15.1. The first-order valence-electron chi connectivity index (χ1n) is 17.3.